The highest BCUT2D eigenvalue weighted by Crippen LogP contribution is 2.32. The van der Waals surface area contributed by atoms with Crippen molar-refractivity contribution in [1.82, 2.24) is 5.32 Å². The Morgan fingerprint density at radius 1 is 0.923 bits per heavy atom. The molecular formula is C20H19ClNO3S-. The maximum Gasteiger partial charge on any atom is 0.231 e. The summed E-state index contributed by atoms with van der Waals surface area (Å²) in [4.78, 5) is 1.23. The number of rotatable bonds is 7. The van der Waals surface area contributed by atoms with E-state index in [-0.39, 0.29) is 12.4 Å². The van der Waals surface area contributed by atoms with Crippen LogP contribution in [-0.4, -0.2) is 6.79 Å². The number of fused-ring (bicyclic) bond motifs is 1. The van der Waals surface area contributed by atoms with Gasteiger partial charge in [0.15, 0.2) is 11.5 Å². The van der Waals surface area contributed by atoms with Crippen molar-refractivity contribution in [3.63, 3.8) is 0 Å². The van der Waals surface area contributed by atoms with Crippen LogP contribution in [0.5, 0.6) is 17.2 Å². The second-order valence-electron chi connectivity index (χ2n) is 5.80. The predicted molar refractivity (Wildman–Crippen MR) is 98.2 cm³/mol. The summed E-state index contributed by atoms with van der Waals surface area (Å²) in [7, 11) is 0. The minimum Gasteiger partial charge on any atom is -1.00 e. The molecule has 4 rings (SSSR count). The largest absolute Gasteiger partial charge is 1.00 e. The third kappa shape index (κ3) is 4.69. The highest BCUT2D eigenvalue weighted by molar-refractivity contribution is 7.09. The Balaban J connectivity index is 0.00000196. The van der Waals surface area contributed by atoms with Gasteiger partial charge in [-0.3, -0.25) is 0 Å². The summed E-state index contributed by atoms with van der Waals surface area (Å²) in [5, 5.41) is 5.51. The molecule has 6 heteroatoms. The molecule has 0 fully saturated rings. The summed E-state index contributed by atoms with van der Waals surface area (Å²) in [5.74, 6) is 2.54. The molecule has 2 heterocycles. The maximum absolute atomic E-state index is 5.79. The maximum atomic E-state index is 5.79. The standard InChI is InChI=1S/C20H19NO3S.ClH/c1-2-18(25-9-1)13-22-17-6-3-15(4-7-17)11-21-12-16-5-8-19-20(10-16)24-14-23-19;/h1-10,21H,11-14H2;1H/p-1. The summed E-state index contributed by atoms with van der Waals surface area (Å²) in [5.41, 5.74) is 2.41. The summed E-state index contributed by atoms with van der Waals surface area (Å²) in [6.07, 6.45) is 0. The lowest BCUT2D eigenvalue weighted by molar-refractivity contribution is -0.00000687. The van der Waals surface area contributed by atoms with Crippen molar-refractivity contribution in [2.24, 2.45) is 0 Å². The summed E-state index contributed by atoms with van der Waals surface area (Å²) in [6.45, 7) is 2.53. The van der Waals surface area contributed by atoms with E-state index in [0.717, 1.165) is 30.3 Å². The second-order valence-corrected chi connectivity index (χ2v) is 6.84. The van der Waals surface area contributed by atoms with Gasteiger partial charge in [-0.05, 0) is 46.8 Å². The fourth-order valence-corrected chi connectivity index (χ4v) is 3.27. The molecule has 0 spiro atoms. The van der Waals surface area contributed by atoms with Crippen LogP contribution in [0.1, 0.15) is 16.0 Å². The topological polar surface area (TPSA) is 39.7 Å². The number of ether oxygens (including phenoxy) is 3. The average Bonchev–Trinajstić information content (AvgIpc) is 3.32. The lowest BCUT2D eigenvalue weighted by Crippen LogP contribution is -3.00. The van der Waals surface area contributed by atoms with Crippen molar-refractivity contribution in [3.05, 3.63) is 76.0 Å². The van der Waals surface area contributed by atoms with Gasteiger partial charge in [-0.2, -0.15) is 0 Å². The smallest absolute Gasteiger partial charge is 0.231 e. The van der Waals surface area contributed by atoms with Gasteiger partial charge in [-0.25, -0.2) is 0 Å². The molecule has 1 aromatic heterocycles. The van der Waals surface area contributed by atoms with E-state index in [1.807, 2.05) is 30.3 Å². The summed E-state index contributed by atoms with van der Waals surface area (Å²) >= 11 is 1.71. The molecule has 26 heavy (non-hydrogen) atoms. The lowest BCUT2D eigenvalue weighted by atomic mass is 10.2. The van der Waals surface area contributed by atoms with E-state index >= 15 is 0 Å². The summed E-state index contributed by atoms with van der Waals surface area (Å²) in [6, 6.07) is 18.4. The fraction of sp³-hybridized carbons (Fsp3) is 0.200. The molecule has 1 aliphatic heterocycles. The van der Waals surface area contributed by atoms with Crippen molar-refractivity contribution >= 4 is 11.3 Å². The Kier molecular flexibility index (Phi) is 6.39. The normalized spacial score (nSPS) is 11.8. The molecule has 0 bridgehead atoms. The first-order valence-corrected chi connectivity index (χ1v) is 9.08. The highest BCUT2D eigenvalue weighted by atomic mass is 35.5. The van der Waals surface area contributed by atoms with Crippen LogP contribution < -0.4 is 31.9 Å². The quantitative estimate of drug-likeness (QED) is 0.663. The number of hydrogen-bond donors (Lipinski definition) is 1. The number of benzene rings is 2. The molecule has 3 aromatic rings. The first-order chi connectivity index (χ1) is 12.4. The molecule has 136 valence electrons. The van der Waals surface area contributed by atoms with Gasteiger partial charge in [0.25, 0.3) is 0 Å². The number of hydrogen-bond acceptors (Lipinski definition) is 5. The first kappa shape index (κ1) is 18.6. The monoisotopic (exact) mass is 388 g/mol. The van der Waals surface area contributed by atoms with Gasteiger partial charge in [-0.1, -0.05) is 24.3 Å². The van der Waals surface area contributed by atoms with E-state index < -0.39 is 0 Å². The van der Waals surface area contributed by atoms with Crippen LogP contribution in [0.4, 0.5) is 0 Å². The molecule has 1 aliphatic rings. The molecule has 0 saturated heterocycles. The van der Waals surface area contributed by atoms with Gasteiger partial charge >= 0.3 is 0 Å². The predicted octanol–water partition coefficient (Wildman–Crippen LogP) is 1.35. The molecule has 0 amide bonds. The van der Waals surface area contributed by atoms with Crippen LogP contribution in [0.25, 0.3) is 0 Å². The Morgan fingerprint density at radius 2 is 1.69 bits per heavy atom. The van der Waals surface area contributed by atoms with E-state index in [2.05, 4.69) is 35.0 Å². The zero-order valence-corrected chi connectivity index (χ0v) is 15.7. The zero-order chi connectivity index (χ0) is 16.9. The van der Waals surface area contributed by atoms with Crippen LogP contribution in [0.3, 0.4) is 0 Å². The Bertz CT molecular complexity index is 822. The van der Waals surface area contributed by atoms with Gasteiger partial charge in [0.1, 0.15) is 12.4 Å². The highest BCUT2D eigenvalue weighted by Gasteiger charge is 2.12. The molecule has 0 radical (unpaired) electrons. The lowest BCUT2D eigenvalue weighted by Gasteiger charge is -2.08. The van der Waals surface area contributed by atoms with Crippen LogP contribution >= 0.6 is 11.3 Å². The van der Waals surface area contributed by atoms with Crippen molar-refractivity contribution in [2.75, 3.05) is 6.79 Å². The van der Waals surface area contributed by atoms with Crippen LogP contribution in [0, 0.1) is 0 Å². The van der Waals surface area contributed by atoms with E-state index in [1.54, 1.807) is 11.3 Å². The van der Waals surface area contributed by atoms with E-state index in [1.165, 1.54) is 16.0 Å². The number of thiophene rings is 1. The third-order valence-electron chi connectivity index (χ3n) is 3.98. The van der Waals surface area contributed by atoms with Crippen molar-refractivity contribution in [3.8, 4) is 17.2 Å². The minimum atomic E-state index is 0. The minimum absolute atomic E-state index is 0. The molecule has 2 aromatic carbocycles. The fourth-order valence-electron chi connectivity index (χ4n) is 2.65. The van der Waals surface area contributed by atoms with Crippen LogP contribution in [0.15, 0.2) is 60.0 Å². The van der Waals surface area contributed by atoms with Gasteiger partial charge in [0.05, 0.1) is 0 Å². The zero-order valence-electron chi connectivity index (χ0n) is 14.1. The van der Waals surface area contributed by atoms with Gasteiger partial charge in [-0.15, -0.1) is 11.3 Å². The SMILES string of the molecule is [Cl-].c1csc(COc2ccc(CNCc3ccc4c(c3)OCO4)cc2)c1. The van der Waals surface area contributed by atoms with Crippen molar-refractivity contribution in [1.29, 1.82) is 0 Å². The Hall–Kier alpha value is -2.21. The molecule has 0 atom stereocenters. The number of nitrogens with one attached hydrogen (secondary N) is 1. The molecular weight excluding hydrogens is 370 g/mol. The van der Waals surface area contributed by atoms with E-state index in [0.29, 0.717) is 13.4 Å². The third-order valence-corrected chi connectivity index (χ3v) is 4.83. The molecule has 0 saturated carbocycles. The summed E-state index contributed by atoms with van der Waals surface area (Å²) < 4.78 is 16.5. The molecule has 4 nitrogen and oxygen atoms in total. The average molecular weight is 389 g/mol. The molecule has 0 unspecified atom stereocenters. The van der Waals surface area contributed by atoms with Crippen LogP contribution in [0.2, 0.25) is 0 Å². The van der Waals surface area contributed by atoms with E-state index in [4.69, 9.17) is 14.2 Å². The van der Waals surface area contributed by atoms with E-state index in [9.17, 15) is 0 Å². The molecule has 0 aliphatic carbocycles. The van der Waals surface area contributed by atoms with Gasteiger partial charge < -0.3 is 31.9 Å². The first-order valence-electron chi connectivity index (χ1n) is 8.20. The van der Waals surface area contributed by atoms with Gasteiger partial charge in [0, 0.05) is 18.0 Å². The Labute approximate surface area is 163 Å². The van der Waals surface area contributed by atoms with Crippen molar-refractivity contribution < 1.29 is 26.6 Å². The van der Waals surface area contributed by atoms with Crippen molar-refractivity contribution in [2.45, 2.75) is 19.7 Å². The Morgan fingerprint density at radius 3 is 2.50 bits per heavy atom. The number of halogens is 1. The second kappa shape index (κ2) is 8.94. The van der Waals surface area contributed by atoms with Crippen LogP contribution in [-0.2, 0) is 19.7 Å². The van der Waals surface area contributed by atoms with Gasteiger partial charge in [0.2, 0.25) is 6.79 Å². The molecule has 1 N–H and O–H groups in total.